The summed E-state index contributed by atoms with van der Waals surface area (Å²) in [5, 5.41) is 9.12. The van der Waals surface area contributed by atoms with Crippen LogP contribution in [0, 0.1) is 11.8 Å². The van der Waals surface area contributed by atoms with E-state index in [9.17, 15) is 4.79 Å². The number of H-pyrrole nitrogens is 1. The Morgan fingerprint density at radius 3 is 2.74 bits per heavy atom. The quantitative estimate of drug-likeness (QED) is 0.852. The number of aromatic nitrogens is 1. The molecule has 2 N–H and O–H groups in total. The number of aliphatic hydroxyl groups excluding tert-OH is 1. The van der Waals surface area contributed by atoms with E-state index in [0.29, 0.717) is 5.92 Å². The molecular weight excluding hydrogens is 240 g/mol. The molecular formula is C15H24N2O2. The molecule has 0 aromatic carbocycles. The van der Waals surface area contributed by atoms with Gasteiger partial charge in [-0.2, -0.15) is 0 Å². The first-order chi connectivity index (χ1) is 9.20. The molecule has 1 aromatic rings. The smallest absolute Gasteiger partial charge is 0.225 e. The number of aromatic amines is 1. The zero-order valence-electron chi connectivity index (χ0n) is 11.6. The molecule has 1 amide bonds. The first-order valence-corrected chi connectivity index (χ1v) is 7.18. The summed E-state index contributed by atoms with van der Waals surface area (Å²) in [5.74, 6) is 0.847. The van der Waals surface area contributed by atoms with Gasteiger partial charge in [-0.3, -0.25) is 4.79 Å². The first kappa shape index (κ1) is 14.1. The van der Waals surface area contributed by atoms with E-state index in [1.54, 1.807) is 0 Å². The van der Waals surface area contributed by atoms with Crippen molar-refractivity contribution < 1.29 is 9.90 Å². The molecule has 0 unspecified atom stereocenters. The zero-order chi connectivity index (χ0) is 13.7. The van der Waals surface area contributed by atoms with Crippen LogP contribution in [0.3, 0.4) is 0 Å². The minimum absolute atomic E-state index is 0.166. The van der Waals surface area contributed by atoms with Crippen LogP contribution < -0.4 is 0 Å². The number of nitrogens with one attached hydrogen (secondary N) is 1. The number of hydrogen-bond donors (Lipinski definition) is 2. The summed E-state index contributed by atoms with van der Waals surface area (Å²) in [5.41, 5.74) is 1.24. The maximum atomic E-state index is 12.3. The standard InChI is InChI=1S/C15H24N2O2/c1-17(9-7-12-6-8-16-10-12)15(19)14-4-2-13(11-18)3-5-14/h6,8,10,13-14,16,18H,2-5,7,9,11H2,1H3. The fourth-order valence-corrected chi connectivity index (χ4v) is 2.82. The molecule has 4 nitrogen and oxygen atoms in total. The molecule has 1 aliphatic carbocycles. The van der Waals surface area contributed by atoms with Crippen LogP contribution in [-0.2, 0) is 11.2 Å². The summed E-state index contributed by atoms with van der Waals surface area (Å²) in [6.07, 6.45) is 8.62. The third-order valence-electron chi connectivity index (χ3n) is 4.23. The van der Waals surface area contributed by atoms with Crippen LogP contribution in [0.4, 0.5) is 0 Å². The Hall–Kier alpha value is -1.29. The minimum atomic E-state index is 0.166. The van der Waals surface area contributed by atoms with Crippen LogP contribution in [0.5, 0.6) is 0 Å². The van der Waals surface area contributed by atoms with Crippen molar-refractivity contribution in [2.24, 2.45) is 11.8 Å². The highest BCUT2D eigenvalue weighted by Crippen LogP contribution is 2.29. The molecule has 1 saturated carbocycles. The van der Waals surface area contributed by atoms with E-state index >= 15 is 0 Å². The minimum Gasteiger partial charge on any atom is -0.396 e. The second kappa shape index (κ2) is 6.75. The van der Waals surface area contributed by atoms with E-state index in [0.717, 1.165) is 38.6 Å². The van der Waals surface area contributed by atoms with Crippen molar-refractivity contribution in [1.82, 2.24) is 9.88 Å². The number of carbonyl (C=O) groups excluding carboxylic acids is 1. The summed E-state index contributed by atoms with van der Waals surface area (Å²) in [6.45, 7) is 1.04. The van der Waals surface area contributed by atoms with Gasteiger partial charge < -0.3 is 15.0 Å². The topological polar surface area (TPSA) is 56.3 Å². The van der Waals surface area contributed by atoms with Gasteiger partial charge in [0.15, 0.2) is 0 Å². The summed E-state index contributed by atoms with van der Waals surface area (Å²) >= 11 is 0. The summed E-state index contributed by atoms with van der Waals surface area (Å²) in [6, 6.07) is 2.05. The van der Waals surface area contributed by atoms with Crippen molar-refractivity contribution in [3.63, 3.8) is 0 Å². The van der Waals surface area contributed by atoms with Crippen LogP contribution in [0.15, 0.2) is 18.5 Å². The molecule has 1 fully saturated rings. The van der Waals surface area contributed by atoms with E-state index in [1.807, 2.05) is 30.4 Å². The molecule has 2 rings (SSSR count). The maximum absolute atomic E-state index is 12.3. The molecule has 1 heterocycles. The number of rotatable bonds is 5. The average Bonchev–Trinajstić information content (AvgIpc) is 2.97. The largest absolute Gasteiger partial charge is 0.396 e. The second-order valence-electron chi connectivity index (χ2n) is 5.63. The Balaban J connectivity index is 1.76. The molecule has 1 aromatic heterocycles. The molecule has 0 spiro atoms. The normalized spacial score (nSPS) is 23.3. The van der Waals surface area contributed by atoms with Crippen molar-refractivity contribution in [3.05, 3.63) is 24.0 Å². The van der Waals surface area contributed by atoms with E-state index in [2.05, 4.69) is 4.98 Å². The van der Waals surface area contributed by atoms with Crippen molar-refractivity contribution in [1.29, 1.82) is 0 Å². The number of amides is 1. The number of nitrogens with zero attached hydrogens (tertiary/aromatic N) is 1. The van der Waals surface area contributed by atoms with Gasteiger partial charge in [-0.05, 0) is 49.7 Å². The lowest BCUT2D eigenvalue weighted by atomic mass is 9.82. The van der Waals surface area contributed by atoms with E-state index in [1.165, 1.54) is 5.56 Å². The molecule has 106 valence electrons. The Bertz CT molecular complexity index is 381. The van der Waals surface area contributed by atoms with Crippen molar-refractivity contribution >= 4 is 5.91 Å². The van der Waals surface area contributed by atoms with Gasteiger partial charge in [0.25, 0.3) is 0 Å². The van der Waals surface area contributed by atoms with Crippen LogP contribution >= 0.6 is 0 Å². The van der Waals surface area contributed by atoms with Gasteiger partial charge in [0.05, 0.1) is 0 Å². The Labute approximate surface area is 114 Å². The fourth-order valence-electron chi connectivity index (χ4n) is 2.82. The lowest BCUT2D eigenvalue weighted by molar-refractivity contribution is -0.135. The highest BCUT2D eigenvalue weighted by Gasteiger charge is 2.27. The number of carbonyl (C=O) groups is 1. The Morgan fingerprint density at radius 2 is 2.16 bits per heavy atom. The predicted molar refractivity (Wildman–Crippen MR) is 74.7 cm³/mol. The molecule has 1 aliphatic rings. The van der Waals surface area contributed by atoms with E-state index < -0.39 is 0 Å². The fraction of sp³-hybridized carbons (Fsp3) is 0.667. The van der Waals surface area contributed by atoms with Crippen LogP contribution in [0.25, 0.3) is 0 Å². The van der Waals surface area contributed by atoms with Gasteiger partial charge in [-0.1, -0.05) is 0 Å². The Kier molecular flexibility index (Phi) is 5.02. The highest BCUT2D eigenvalue weighted by atomic mass is 16.3. The van der Waals surface area contributed by atoms with Gasteiger partial charge in [-0.25, -0.2) is 0 Å². The SMILES string of the molecule is CN(CCc1cc[nH]c1)C(=O)C1CCC(CO)CC1. The highest BCUT2D eigenvalue weighted by molar-refractivity contribution is 5.78. The van der Waals surface area contributed by atoms with Crippen molar-refractivity contribution in [3.8, 4) is 0 Å². The lowest BCUT2D eigenvalue weighted by Gasteiger charge is -2.29. The maximum Gasteiger partial charge on any atom is 0.225 e. The molecule has 0 aliphatic heterocycles. The average molecular weight is 264 g/mol. The van der Waals surface area contributed by atoms with Gasteiger partial charge >= 0.3 is 0 Å². The third kappa shape index (κ3) is 3.83. The summed E-state index contributed by atoms with van der Waals surface area (Å²) in [7, 11) is 1.90. The lowest BCUT2D eigenvalue weighted by Crippen LogP contribution is -2.36. The third-order valence-corrected chi connectivity index (χ3v) is 4.23. The van der Waals surface area contributed by atoms with Crippen molar-refractivity contribution in [2.75, 3.05) is 20.2 Å². The molecule has 0 bridgehead atoms. The van der Waals surface area contributed by atoms with E-state index in [-0.39, 0.29) is 18.4 Å². The summed E-state index contributed by atoms with van der Waals surface area (Å²) in [4.78, 5) is 17.2. The molecule has 0 saturated heterocycles. The zero-order valence-corrected chi connectivity index (χ0v) is 11.6. The number of likely N-dealkylation sites (N-methyl/N-ethyl adjacent to an activating group) is 1. The number of hydrogen-bond acceptors (Lipinski definition) is 2. The first-order valence-electron chi connectivity index (χ1n) is 7.18. The molecule has 0 atom stereocenters. The van der Waals surface area contributed by atoms with Crippen LogP contribution in [-0.4, -0.2) is 41.1 Å². The molecule has 0 radical (unpaired) electrons. The van der Waals surface area contributed by atoms with Crippen molar-refractivity contribution in [2.45, 2.75) is 32.1 Å². The molecule has 4 heteroatoms. The second-order valence-corrected chi connectivity index (χ2v) is 5.63. The van der Waals surface area contributed by atoms with Gasteiger partial charge in [0.1, 0.15) is 0 Å². The number of aliphatic hydroxyl groups is 1. The van der Waals surface area contributed by atoms with E-state index in [4.69, 9.17) is 5.11 Å². The molecule has 19 heavy (non-hydrogen) atoms. The van der Waals surface area contributed by atoms with Gasteiger partial charge in [0.2, 0.25) is 5.91 Å². The van der Waals surface area contributed by atoms with Gasteiger partial charge in [-0.15, -0.1) is 0 Å². The monoisotopic (exact) mass is 264 g/mol. The van der Waals surface area contributed by atoms with Gasteiger partial charge in [0, 0.05) is 38.5 Å². The Morgan fingerprint density at radius 1 is 1.42 bits per heavy atom. The van der Waals surface area contributed by atoms with Crippen LogP contribution in [0.1, 0.15) is 31.2 Å². The van der Waals surface area contributed by atoms with Crippen LogP contribution in [0.2, 0.25) is 0 Å². The summed E-state index contributed by atoms with van der Waals surface area (Å²) < 4.78 is 0. The predicted octanol–water partition coefficient (Wildman–Crippen LogP) is 1.81.